The zero-order valence-electron chi connectivity index (χ0n) is 19.9. The molecule has 0 radical (unpaired) electrons. The monoisotopic (exact) mass is 520 g/mol. The van der Waals surface area contributed by atoms with E-state index >= 15 is 4.39 Å². The van der Waals surface area contributed by atoms with Crippen molar-refractivity contribution in [3.63, 3.8) is 0 Å². The Bertz CT molecular complexity index is 1400. The standard InChI is InChI=1S/C29H23F7O/c1-37-16-19-14-25(30)23(26(31)15-19)10-4-17-3-9-22-21(12-17)8-7-20(28(22)33)6-2-18-5-11-24(27(32)13-18)29(34,35)36/h3,5,7-9,11-15H,2,4,6,10,16H2,1H3. The van der Waals surface area contributed by atoms with Gasteiger partial charge in [-0.25, -0.2) is 17.6 Å². The van der Waals surface area contributed by atoms with E-state index in [-0.39, 0.29) is 31.4 Å². The third-order valence-electron chi connectivity index (χ3n) is 6.30. The Morgan fingerprint density at radius 2 is 1.27 bits per heavy atom. The molecular weight excluding hydrogens is 497 g/mol. The lowest BCUT2D eigenvalue weighted by atomic mass is 9.96. The second-order valence-electron chi connectivity index (χ2n) is 8.88. The number of benzene rings is 4. The molecule has 0 fully saturated rings. The van der Waals surface area contributed by atoms with Crippen LogP contribution in [0.5, 0.6) is 0 Å². The minimum absolute atomic E-state index is 0.0267. The average Bonchev–Trinajstić information content (AvgIpc) is 2.82. The van der Waals surface area contributed by atoms with Gasteiger partial charge < -0.3 is 4.74 Å². The van der Waals surface area contributed by atoms with E-state index in [0.717, 1.165) is 11.6 Å². The number of hydrogen-bond donors (Lipinski definition) is 0. The van der Waals surface area contributed by atoms with Crippen molar-refractivity contribution in [3.8, 4) is 0 Å². The van der Waals surface area contributed by atoms with Crippen LogP contribution >= 0.6 is 0 Å². The first-order valence-corrected chi connectivity index (χ1v) is 11.6. The molecule has 0 aliphatic carbocycles. The fourth-order valence-electron chi connectivity index (χ4n) is 4.37. The Kier molecular flexibility index (Phi) is 7.87. The Morgan fingerprint density at radius 3 is 1.92 bits per heavy atom. The number of methoxy groups -OCH3 is 1. The molecule has 0 saturated carbocycles. The second-order valence-corrected chi connectivity index (χ2v) is 8.88. The van der Waals surface area contributed by atoms with Gasteiger partial charge in [-0.3, -0.25) is 0 Å². The first kappa shape index (κ1) is 26.7. The molecule has 0 aliphatic rings. The maximum atomic E-state index is 15.1. The Balaban J connectivity index is 1.46. The summed E-state index contributed by atoms with van der Waals surface area (Å²) in [5.41, 5.74) is 0.496. The Hall–Kier alpha value is -3.39. The molecule has 0 aliphatic heterocycles. The molecular formula is C29H23F7O. The lowest BCUT2D eigenvalue weighted by molar-refractivity contribution is -0.140. The van der Waals surface area contributed by atoms with Crippen molar-refractivity contribution in [1.29, 1.82) is 0 Å². The number of alkyl halides is 3. The van der Waals surface area contributed by atoms with Crippen LogP contribution in [0.25, 0.3) is 10.8 Å². The van der Waals surface area contributed by atoms with Gasteiger partial charge in [-0.2, -0.15) is 13.2 Å². The van der Waals surface area contributed by atoms with Gasteiger partial charge in [0, 0.05) is 18.1 Å². The summed E-state index contributed by atoms with van der Waals surface area (Å²) in [5, 5.41) is 0.955. The topological polar surface area (TPSA) is 9.23 Å². The molecule has 0 spiro atoms. The second kappa shape index (κ2) is 10.9. The number of hydrogen-bond acceptors (Lipinski definition) is 1. The Labute approximate surface area is 209 Å². The van der Waals surface area contributed by atoms with E-state index in [1.165, 1.54) is 25.3 Å². The zero-order chi connectivity index (χ0) is 26.7. The Morgan fingerprint density at radius 1 is 0.649 bits per heavy atom. The van der Waals surface area contributed by atoms with Crippen LogP contribution in [0, 0.1) is 23.3 Å². The van der Waals surface area contributed by atoms with Crippen molar-refractivity contribution in [2.45, 2.75) is 38.5 Å². The molecule has 0 N–H and O–H groups in total. The summed E-state index contributed by atoms with van der Waals surface area (Å²) in [5.74, 6) is -3.11. The van der Waals surface area contributed by atoms with E-state index in [4.69, 9.17) is 4.74 Å². The molecule has 0 amide bonds. The van der Waals surface area contributed by atoms with E-state index in [9.17, 15) is 26.3 Å². The molecule has 0 unspecified atom stereocenters. The largest absolute Gasteiger partial charge is 0.419 e. The summed E-state index contributed by atoms with van der Waals surface area (Å²) in [7, 11) is 1.44. The molecule has 8 heteroatoms. The summed E-state index contributed by atoms with van der Waals surface area (Å²) in [4.78, 5) is 0. The predicted molar refractivity (Wildman–Crippen MR) is 127 cm³/mol. The van der Waals surface area contributed by atoms with E-state index < -0.39 is 35.0 Å². The highest BCUT2D eigenvalue weighted by molar-refractivity contribution is 5.84. The zero-order valence-corrected chi connectivity index (χ0v) is 19.9. The number of ether oxygens (including phenoxy) is 1. The van der Waals surface area contributed by atoms with Gasteiger partial charge in [0.1, 0.15) is 23.3 Å². The molecule has 194 valence electrons. The third-order valence-corrected chi connectivity index (χ3v) is 6.30. The van der Waals surface area contributed by atoms with Crippen molar-refractivity contribution in [2.75, 3.05) is 7.11 Å². The highest BCUT2D eigenvalue weighted by atomic mass is 19.4. The molecule has 4 aromatic rings. The maximum absolute atomic E-state index is 15.1. The quantitative estimate of drug-likeness (QED) is 0.213. The van der Waals surface area contributed by atoms with Gasteiger partial charge in [0.05, 0.1) is 12.2 Å². The van der Waals surface area contributed by atoms with Crippen LogP contribution in [0.2, 0.25) is 0 Å². The van der Waals surface area contributed by atoms with Crippen LogP contribution in [0.1, 0.15) is 33.4 Å². The summed E-state index contributed by atoms with van der Waals surface area (Å²) in [6.07, 6.45) is -3.97. The minimum Gasteiger partial charge on any atom is -0.380 e. The van der Waals surface area contributed by atoms with Crippen LogP contribution < -0.4 is 0 Å². The first-order valence-electron chi connectivity index (χ1n) is 11.6. The van der Waals surface area contributed by atoms with Crippen molar-refractivity contribution < 1.29 is 35.5 Å². The van der Waals surface area contributed by atoms with Gasteiger partial charge in [-0.05, 0) is 77.6 Å². The molecule has 0 bridgehead atoms. The van der Waals surface area contributed by atoms with Crippen LogP contribution in [0.15, 0.2) is 60.7 Å². The lowest BCUT2D eigenvalue weighted by Crippen LogP contribution is -2.08. The van der Waals surface area contributed by atoms with Crippen molar-refractivity contribution in [3.05, 3.63) is 117 Å². The van der Waals surface area contributed by atoms with Crippen LogP contribution in [0.4, 0.5) is 30.7 Å². The number of halogens is 7. The van der Waals surface area contributed by atoms with Crippen LogP contribution in [-0.4, -0.2) is 7.11 Å². The van der Waals surface area contributed by atoms with Crippen LogP contribution in [0.3, 0.4) is 0 Å². The maximum Gasteiger partial charge on any atom is 0.419 e. The first-order chi connectivity index (χ1) is 17.6. The number of aryl methyl sites for hydroxylation is 3. The molecule has 4 aromatic carbocycles. The van der Waals surface area contributed by atoms with Gasteiger partial charge >= 0.3 is 6.18 Å². The van der Waals surface area contributed by atoms with Crippen LogP contribution in [-0.2, 0) is 43.2 Å². The van der Waals surface area contributed by atoms with Crippen molar-refractivity contribution >= 4 is 10.8 Å². The summed E-state index contributed by atoms with van der Waals surface area (Å²) >= 11 is 0. The van der Waals surface area contributed by atoms with E-state index in [2.05, 4.69) is 0 Å². The molecule has 1 nitrogen and oxygen atoms in total. The molecule has 37 heavy (non-hydrogen) atoms. The highest BCUT2D eigenvalue weighted by Crippen LogP contribution is 2.32. The normalized spacial score (nSPS) is 11.9. The van der Waals surface area contributed by atoms with Gasteiger partial charge in [-0.1, -0.05) is 36.4 Å². The van der Waals surface area contributed by atoms with Gasteiger partial charge in [0.15, 0.2) is 0 Å². The molecule has 0 saturated heterocycles. The highest BCUT2D eigenvalue weighted by Gasteiger charge is 2.33. The smallest absolute Gasteiger partial charge is 0.380 e. The summed E-state index contributed by atoms with van der Waals surface area (Å²) in [6.45, 7) is 0.105. The lowest BCUT2D eigenvalue weighted by Gasteiger charge is -2.11. The predicted octanol–water partition coefficient (Wildman–Crippen LogP) is 8.13. The number of fused-ring (bicyclic) bond motifs is 1. The number of rotatable bonds is 8. The van der Waals surface area contributed by atoms with Gasteiger partial charge in [0.25, 0.3) is 0 Å². The molecule has 0 heterocycles. The van der Waals surface area contributed by atoms with E-state index in [0.29, 0.717) is 39.9 Å². The molecule has 0 atom stereocenters. The van der Waals surface area contributed by atoms with E-state index in [1.54, 1.807) is 30.3 Å². The van der Waals surface area contributed by atoms with Crippen molar-refractivity contribution in [2.24, 2.45) is 0 Å². The van der Waals surface area contributed by atoms with E-state index in [1.807, 2.05) is 0 Å². The van der Waals surface area contributed by atoms with Crippen molar-refractivity contribution in [1.82, 2.24) is 0 Å². The summed E-state index contributed by atoms with van der Waals surface area (Å²) < 4.78 is 101. The van der Waals surface area contributed by atoms with Gasteiger partial charge in [-0.15, -0.1) is 0 Å². The molecule has 0 aromatic heterocycles. The minimum atomic E-state index is -4.77. The fourth-order valence-corrected chi connectivity index (χ4v) is 4.37. The average molecular weight is 520 g/mol. The summed E-state index contributed by atoms with van der Waals surface area (Å²) in [6, 6.07) is 13.5. The van der Waals surface area contributed by atoms with Gasteiger partial charge in [0.2, 0.25) is 0 Å². The SMILES string of the molecule is COCc1cc(F)c(CCc2ccc3c(F)c(CCc4ccc(C(F)(F)F)c(F)c4)ccc3c2)c(F)c1. The third kappa shape index (κ3) is 6.13. The fraction of sp³-hybridized carbons (Fsp3) is 0.241. The molecule has 4 rings (SSSR count).